The molecule has 1 aromatic heterocycles. The van der Waals surface area contributed by atoms with Crippen LogP contribution in [0.4, 0.5) is 0 Å². The van der Waals surface area contributed by atoms with Gasteiger partial charge in [-0.3, -0.25) is 14.7 Å². The lowest BCUT2D eigenvalue weighted by Gasteiger charge is -2.22. The number of hydrogen-bond donors (Lipinski definition) is 1. The van der Waals surface area contributed by atoms with Crippen molar-refractivity contribution in [2.45, 2.75) is 19.5 Å². The maximum atomic E-state index is 11.0. The normalized spacial score (nSPS) is 12.8. The first-order chi connectivity index (χ1) is 9.00. The van der Waals surface area contributed by atoms with Crippen LogP contribution < -0.4 is 0 Å². The summed E-state index contributed by atoms with van der Waals surface area (Å²) in [6, 6.07) is 6.98. The predicted octanol–water partition coefficient (Wildman–Crippen LogP) is 2.79. The molecule has 0 amide bonds. The SMILES string of the molecule is CC(C(=O)O)N(C)Cc1c(Cl)ccc2cccnc12. The second-order valence-electron chi connectivity index (χ2n) is 4.53. The van der Waals surface area contributed by atoms with Crippen LogP contribution in [0.2, 0.25) is 5.02 Å². The minimum atomic E-state index is -0.855. The summed E-state index contributed by atoms with van der Waals surface area (Å²) in [6.07, 6.45) is 1.71. The molecular weight excluding hydrogens is 264 g/mol. The largest absolute Gasteiger partial charge is 0.480 e. The van der Waals surface area contributed by atoms with Gasteiger partial charge in [0.05, 0.1) is 5.52 Å². The fourth-order valence-corrected chi connectivity index (χ4v) is 2.12. The van der Waals surface area contributed by atoms with Gasteiger partial charge in [0.1, 0.15) is 6.04 Å². The Morgan fingerprint density at radius 1 is 1.47 bits per heavy atom. The third-order valence-electron chi connectivity index (χ3n) is 3.25. The molecule has 1 N–H and O–H groups in total. The maximum Gasteiger partial charge on any atom is 0.320 e. The molecule has 4 nitrogen and oxygen atoms in total. The minimum absolute atomic E-state index is 0.445. The average Bonchev–Trinajstić information content (AvgIpc) is 2.40. The molecule has 0 fully saturated rings. The number of aliphatic carboxylic acids is 1. The topological polar surface area (TPSA) is 53.4 Å². The Labute approximate surface area is 116 Å². The van der Waals surface area contributed by atoms with Crippen molar-refractivity contribution in [1.82, 2.24) is 9.88 Å². The third kappa shape index (κ3) is 2.85. The summed E-state index contributed by atoms with van der Waals surface area (Å²) < 4.78 is 0. The van der Waals surface area contributed by atoms with Crippen LogP contribution in [0.15, 0.2) is 30.5 Å². The number of aromatic nitrogens is 1. The Morgan fingerprint density at radius 3 is 2.89 bits per heavy atom. The number of fused-ring (bicyclic) bond motifs is 1. The number of carboxylic acid groups (broad SMARTS) is 1. The smallest absolute Gasteiger partial charge is 0.320 e. The zero-order valence-corrected chi connectivity index (χ0v) is 11.6. The Balaban J connectivity index is 2.39. The van der Waals surface area contributed by atoms with Crippen molar-refractivity contribution in [2.24, 2.45) is 0 Å². The van der Waals surface area contributed by atoms with Crippen LogP contribution >= 0.6 is 11.6 Å². The number of pyridine rings is 1. The van der Waals surface area contributed by atoms with Gasteiger partial charge in [-0.05, 0) is 26.1 Å². The molecule has 1 aromatic carbocycles. The highest BCUT2D eigenvalue weighted by molar-refractivity contribution is 6.32. The standard InChI is InChI=1S/C14H15ClN2O2/c1-9(14(18)19)17(2)8-11-12(15)6-5-10-4-3-7-16-13(10)11/h3-7,9H,8H2,1-2H3,(H,18,19). The van der Waals surface area contributed by atoms with Gasteiger partial charge in [0.15, 0.2) is 0 Å². The molecule has 0 spiro atoms. The van der Waals surface area contributed by atoms with Crippen LogP contribution in [0.25, 0.3) is 10.9 Å². The van der Waals surface area contributed by atoms with E-state index in [1.807, 2.05) is 24.3 Å². The summed E-state index contributed by atoms with van der Waals surface area (Å²) in [4.78, 5) is 17.1. The van der Waals surface area contributed by atoms with Crippen LogP contribution in [0.1, 0.15) is 12.5 Å². The van der Waals surface area contributed by atoms with Gasteiger partial charge in [0.2, 0.25) is 0 Å². The van der Waals surface area contributed by atoms with Gasteiger partial charge >= 0.3 is 5.97 Å². The number of benzene rings is 1. The highest BCUT2D eigenvalue weighted by Gasteiger charge is 2.19. The highest BCUT2D eigenvalue weighted by Crippen LogP contribution is 2.26. The van der Waals surface area contributed by atoms with E-state index in [1.54, 1.807) is 25.1 Å². The molecule has 0 aliphatic carbocycles. The van der Waals surface area contributed by atoms with Crippen molar-refractivity contribution in [3.63, 3.8) is 0 Å². The van der Waals surface area contributed by atoms with E-state index in [1.165, 1.54) is 0 Å². The first-order valence-electron chi connectivity index (χ1n) is 5.96. The van der Waals surface area contributed by atoms with E-state index >= 15 is 0 Å². The van der Waals surface area contributed by atoms with Crippen molar-refractivity contribution in [1.29, 1.82) is 0 Å². The third-order valence-corrected chi connectivity index (χ3v) is 3.60. The summed E-state index contributed by atoms with van der Waals surface area (Å²) in [7, 11) is 1.76. The average molecular weight is 279 g/mol. The lowest BCUT2D eigenvalue weighted by atomic mass is 10.1. The molecule has 5 heteroatoms. The van der Waals surface area contributed by atoms with Crippen molar-refractivity contribution < 1.29 is 9.90 Å². The molecule has 0 radical (unpaired) electrons. The predicted molar refractivity (Wildman–Crippen MR) is 75.3 cm³/mol. The fraction of sp³-hybridized carbons (Fsp3) is 0.286. The second-order valence-corrected chi connectivity index (χ2v) is 4.94. The van der Waals surface area contributed by atoms with Gasteiger partial charge in [0.25, 0.3) is 0 Å². The van der Waals surface area contributed by atoms with Crippen LogP contribution in [-0.4, -0.2) is 34.0 Å². The minimum Gasteiger partial charge on any atom is -0.480 e. The molecule has 0 aliphatic heterocycles. The summed E-state index contributed by atoms with van der Waals surface area (Å²) >= 11 is 6.22. The molecule has 0 saturated heterocycles. The number of carbonyl (C=O) groups is 1. The van der Waals surface area contributed by atoms with Crippen molar-refractivity contribution in [2.75, 3.05) is 7.05 Å². The molecule has 0 saturated carbocycles. The van der Waals surface area contributed by atoms with Crippen molar-refractivity contribution in [3.05, 3.63) is 41.0 Å². The number of rotatable bonds is 4. The molecule has 1 heterocycles. The van der Waals surface area contributed by atoms with E-state index in [0.717, 1.165) is 16.5 Å². The molecule has 19 heavy (non-hydrogen) atoms. The van der Waals surface area contributed by atoms with E-state index < -0.39 is 12.0 Å². The Kier molecular flexibility index (Phi) is 4.02. The molecular formula is C14H15ClN2O2. The van der Waals surface area contributed by atoms with Gasteiger partial charge < -0.3 is 5.11 Å². The van der Waals surface area contributed by atoms with Crippen molar-refractivity contribution in [3.8, 4) is 0 Å². The van der Waals surface area contributed by atoms with Gasteiger partial charge in [-0.15, -0.1) is 0 Å². The van der Waals surface area contributed by atoms with Crippen LogP contribution in [0, 0.1) is 0 Å². The summed E-state index contributed by atoms with van der Waals surface area (Å²) in [5.41, 5.74) is 1.68. The number of hydrogen-bond acceptors (Lipinski definition) is 3. The van der Waals surface area contributed by atoms with Gasteiger partial charge in [-0.2, -0.15) is 0 Å². The summed E-state index contributed by atoms with van der Waals surface area (Å²) in [5.74, 6) is -0.855. The zero-order chi connectivity index (χ0) is 14.0. The zero-order valence-electron chi connectivity index (χ0n) is 10.8. The van der Waals surface area contributed by atoms with Gasteiger partial charge in [-0.1, -0.05) is 23.7 Å². The quantitative estimate of drug-likeness (QED) is 0.934. The van der Waals surface area contributed by atoms with Crippen molar-refractivity contribution >= 4 is 28.5 Å². The van der Waals surface area contributed by atoms with Gasteiger partial charge in [-0.25, -0.2) is 0 Å². The van der Waals surface area contributed by atoms with Crippen LogP contribution in [0.5, 0.6) is 0 Å². The van der Waals surface area contributed by atoms with E-state index in [0.29, 0.717) is 11.6 Å². The Bertz CT molecular complexity index is 615. The monoisotopic (exact) mass is 278 g/mol. The van der Waals surface area contributed by atoms with Gasteiger partial charge in [0, 0.05) is 28.7 Å². The van der Waals surface area contributed by atoms with E-state index in [2.05, 4.69) is 4.98 Å². The van der Waals surface area contributed by atoms with E-state index in [4.69, 9.17) is 16.7 Å². The summed E-state index contributed by atoms with van der Waals surface area (Å²) in [6.45, 7) is 2.09. The second kappa shape index (κ2) is 5.55. The Morgan fingerprint density at radius 2 is 2.21 bits per heavy atom. The molecule has 1 unspecified atom stereocenters. The highest BCUT2D eigenvalue weighted by atomic mass is 35.5. The molecule has 2 rings (SSSR count). The summed E-state index contributed by atoms with van der Waals surface area (Å²) in [5, 5.41) is 10.6. The molecule has 2 aromatic rings. The number of nitrogens with zero attached hydrogens (tertiary/aromatic N) is 2. The van der Waals surface area contributed by atoms with E-state index in [9.17, 15) is 4.79 Å². The van der Waals surface area contributed by atoms with Crippen LogP contribution in [0.3, 0.4) is 0 Å². The first kappa shape index (κ1) is 13.8. The number of halogens is 1. The number of carboxylic acids is 1. The molecule has 100 valence electrons. The maximum absolute atomic E-state index is 11.0. The fourth-order valence-electron chi connectivity index (χ4n) is 1.91. The first-order valence-corrected chi connectivity index (χ1v) is 6.33. The van der Waals surface area contributed by atoms with Crippen LogP contribution in [-0.2, 0) is 11.3 Å². The lowest BCUT2D eigenvalue weighted by Crippen LogP contribution is -2.35. The number of likely N-dealkylation sites (N-methyl/N-ethyl adjacent to an activating group) is 1. The molecule has 1 atom stereocenters. The Hall–Kier alpha value is -1.65. The van der Waals surface area contributed by atoms with E-state index in [-0.39, 0.29) is 0 Å². The molecule has 0 aliphatic rings. The lowest BCUT2D eigenvalue weighted by molar-refractivity contribution is -0.142. The molecule has 0 bridgehead atoms.